The first-order valence-electron chi connectivity index (χ1n) is 9.27. The van der Waals surface area contributed by atoms with Crippen molar-refractivity contribution in [1.29, 1.82) is 0 Å². The SMILES string of the molecule is C=N/C(=C(\SC)C(CN=O)N1CCC(COC2=NCC(C)C=N2)CC1)C(F)F. The van der Waals surface area contributed by atoms with Crippen molar-refractivity contribution in [2.45, 2.75) is 32.2 Å². The highest BCUT2D eigenvalue weighted by molar-refractivity contribution is 8.02. The molecule has 0 aliphatic carbocycles. The van der Waals surface area contributed by atoms with Gasteiger partial charge in [0.1, 0.15) is 12.2 Å². The molecular weight excluding hydrogens is 388 g/mol. The summed E-state index contributed by atoms with van der Waals surface area (Å²) in [5.41, 5.74) is -0.367. The maximum absolute atomic E-state index is 13.3. The zero-order chi connectivity index (χ0) is 20.5. The summed E-state index contributed by atoms with van der Waals surface area (Å²) in [6.45, 7) is 7.75. The molecule has 1 saturated heterocycles. The van der Waals surface area contributed by atoms with Crippen molar-refractivity contribution in [3.63, 3.8) is 0 Å². The van der Waals surface area contributed by atoms with Crippen LogP contribution < -0.4 is 0 Å². The third-order valence-corrected chi connectivity index (χ3v) is 5.81. The van der Waals surface area contributed by atoms with Gasteiger partial charge in [0.25, 0.3) is 6.43 Å². The van der Waals surface area contributed by atoms with Gasteiger partial charge in [-0.1, -0.05) is 12.1 Å². The van der Waals surface area contributed by atoms with Crippen molar-refractivity contribution in [2.75, 3.05) is 39.0 Å². The molecule has 0 N–H and O–H groups in total. The smallest absolute Gasteiger partial charge is 0.311 e. The predicted octanol–water partition coefficient (Wildman–Crippen LogP) is 3.47. The van der Waals surface area contributed by atoms with E-state index in [0.29, 0.717) is 49.0 Å². The average Bonchev–Trinajstić information content (AvgIpc) is 2.70. The largest absolute Gasteiger partial charge is 0.463 e. The Hall–Kier alpha value is -1.68. The molecule has 7 nitrogen and oxygen atoms in total. The summed E-state index contributed by atoms with van der Waals surface area (Å²) in [7, 11) is 0. The number of likely N-dealkylation sites (tertiary alicyclic amines) is 1. The van der Waals surface area contributed by atoms with Crippen LogP contribution in [0.15, 0.2) is 30.8 Å². The first-order chi connectivity index (χ1) is 13.5. The molecule has 0 aromatic heterocycles. The Kier molecular flexibility index (Phi) is 9.17. The Bertz CT molecular complexity index is 633. The molecule has 0 radical (unpaired) electrons. The molecule has 10 heteroatoms. The quantitative estimate of drug-likeness (QED) is 0.427. The molecule has 2 aliphatic rings. The van der Waals surface area contributed by atoms with Gasteiger partial charge < -0.3 is 4.74 Å². The van der Waals surface area contributed by atoms with Gasteiger partial charge in [-0.2, -0.15) is 4.91 Å². The fourth-order valence-electron chi connectivity index (χ4n) is 3.31. The topological polar surface area (TPSA) is 79.0 Å². The van der Waals surface area contributed by atoms with E-state index in [-0.39, 0.29) is 12.2 Å². The summed E-state index contributed by atoms with van der Waals surface area (Å²) in [6, 6.07) is -0.0764. The summed E-state index contributed by atoms with van der Waals surface area (Å²) >= 11 is 1.17. The Morgan fingerprint density at radius 2 is 2.18 bits per heavy atom. The third-order valence-electron chi connectivity index (χ3n) is 4.89. The van der Waals surface area contributed by atoms with Crippen LogP contribution in [0.3, 0.4) is 0 Å². The molecule has 1 fully saturated rings. The summed E-state index contributed by atoms with van der Waals surface area (Å²) in [4.78, 5) is 25.3. The first-order valence-corrected chi connectivity index (χ1v) is 10.5. The number of halogens is 2. The van der Waals surface area contributed by atoms with E-state index in [4.69, 9.17) is 4.74 Å². The number of alkyl halides is 2. The Morgan fingerprint density at radius 3 is 2.68 bits per heavy atom. The minimum atomic E-state index is -2.74. The van der Waals surface area contributed by atoms with E-state index in [0.717, 1.165) is 12.8 Å². The van der Waals surface area contributed by atoms with Crippen LogP contribution in [0.4, 0.5) is 8.78 Å². The summed E-state index contributed by atoms with van der Waals surface area (Å²) < 4.78 is 32.3. The van der Waals surface area contributed by atoms with Gasteiger partial charge in [0.2, 0.25) is 0 Å². The van der Waals surface area contributed by atoms with Crippen LogP contribution in [-0.4, -0.2) is 75.4 Å². The fourth-order valence-corrected chi connectivity index (χ4v) is 4.17. The highest BCUT2D eigenvalue weighted by Gasteiger charge is 2.31. The van der Waals surface area contributed by atoms with E-state index < -0.39 is 12.5 Å². The number of nitrogens with zero attached hydrogens (tertiary/aromatic N) is 5. The average molecular weight is 416 g/mol. The van der Waals surface area contributed by atoms with E-state index in [1.54, 1.807) is 6.26 Å². The molecule has 2 heterocycles. The zero-order valence-corrected chi connectivity index (χ0v) is 17.1. The van der Waals surface area contributed by atoms with Crippen LogP contribution in [-0.2, 0) is 4.74 Å². The zero-order valence-electron chi connectivity index (χ0n) is 16.3. The number of amidine groups is 1. The van der Waals surface area contributed by atoms with Crippen molar-refractivity contribution in [1.82, 2.24) is 4.90 Å². The van der Waals surface area contributed by atoms with Crippen LogP contribution in [0.5, 0.6) is 0 Å². The van der Waals surface area contributed by atoms with Gasteiger partial charge in [0.05, 0.1) is 19.2 Å². The second-order valence-electron chi connectivity index (χ2n) is 6.91. The number of piperidine rings is 1. The van der Waals surface area contributed by atoms with Gasteiger partial charge >= 0.3 is 6.02 Å². The lowest BCUT2D eigenvalue weighted by molar-refractivity contribution is 0.117. The third kappa shape index (κ3) is 6.16. The van der Waals surface area contributed by atoms with Gasteiger partial charge in [0, 0.05) is 17.0 Å². The molecule has 0 bridgehead atoms. The standard InChI is InChI=1S/C18H27F2N5O2S/c1-12-8-22-18(23-9-12)27-11-13-4-6-25(7-5-13)14(10-24-26)16(28-3)15(21-2)17(19)20/h8,12-14,17H,2,4-7,9-11H2,1,3H3/b16-15-. The van der Waals surface area contributed by atoms with Gasteiger partial charge in [0.15, 0.2) is 0 Å². The number of hydrogen-bond donors (Lipinski definition) is 0. The molecule has 0 aromatic rings. The van der Waals surface area contributed by atoms with Crippen LogP contribution in [0, 0.1) is 16.7 Å². The van der Waals surface area contributed by atoms with E-state index in [1.807, 2.05) is 18.0 Å². The van der Waals surface area contributed by atoms with Gasteiger partial charge in [-0.25, -0.2) is 18.8 Å². The molecule has 0 aromatic carbocycles. The number of ether oxygens (including phenoxy) is 1. The maximum Gasteiger partial charge on any atom is 0.311 e. The maximum atomic E-state index is 13.3. The second kappa shape index (κ2) is 11.4. The Labute approximate surface area is 168 Å². The molecule has 2 aliphatic heterocycles. The van der Waals surface area contributed by atoms with Gasteiger partial charge in [-0.15, -0.1) is 11.8 Å². The lowest BCUT2D eigenvalue weighted by Crippen LogP contribution is -2.44. The molecular formula is C18H27F2N5O2S. The highest BCUT2D eigenvalue weighted by Crippen LogP contribution is 2.31. The molecule has 0 amide bonds. The van der Waals surface area contributed by atoms with Crippen LogP contribution in [0.2, 0.25) is 0 Å². The van der Waals surface area contributed by atoms with E-state index in [2.05, 4.69) is 26.9 Å². The normalized spacial score (nSPS) is 23.2. The number of hydrogen-bond acceptors (Lipinski definition) is 8. The highest BCUT2D eigenvalue weighted by atomic mass is 32.2. The van der Waals surface area contributed by atoms with Crippen LogP contribution >= 0.6 is 11.8 Å². The van der Waals surface area contributed by atoms with Crippen LogP contribution in [0.25, 0.3) is 0 Å². The molecule has 2 rings (SSSR count). The van der Waals surface area contributed by atoms with Crippen molar-refractivity contribution in [2.24, 2.45) is 32.0 Å². The molecule has 28 heavy (non-hydrogen) atoms. The number of rotatable bonds is 9. The van der Waals surface area contributed by atoms with Crippen LogP contribution in [0.1, 0.15) is 19.8 Å². The van der Waals surface area contributed by atoms with Gasteiger partial charge in [-0.05, 0) is 44.8 Å². The molecule has 2 atom stereocenters. The molecule has 2 unspecified atom stereocenters. The van der Waals surface area contributed by atoms with E-state index in [1.165, 1.54) is 11.8 Å². The lowest BCUT2D eigenvalue weighted by atomic mass is 9.96. The van der Waals surface area contributed by atoms with Crippen molar-refractivity contribution >= 4 is 30.7 Å². The van der Waals surface area contributed by atoms with E-state index in [9.17, 15) is 13.7 Å². The lowest BCUT2D eigenvalue weighted by Gasteiger charge is -2.37. The minimum absolute atomic E-state index is 0.0905. The minimum Gasteiger partial charge on any atom is -0.463 e. The van der Waals surface area contributed by atoms with Crippen molar-refractivity contribution in [3.05, 3.63) is 15.5 Å². The number of aliphatic imine (C=N–C) groups is 3. The summed E-state index contributed by atoms with van der Waals surface area (Å²) in [6.07, 6.45) is 2.46. The molecule has 0 spiro atoms. The first kappa shape index (κ1) is 22.6. The Morgan fingerprint density at radius 1 is 1.46 bits per heavy atom. The summed E-state index contributed by atoms with van der Waals surface area (Å²) in [5.74, 6) is 0.660. The van der Waals surface area contributed by atoms with E-state index >= 15 is 0 Å². The number of allylic oxidation sites excluding steroid dienone is 1. The Balaban J connectivity index is 1.95. The second-order valence-corrected chi connectivity index (χ2v) is 7.76. The number of nitroso groups, excluding NO2 is 1. The fraction of sp³-hybridized carbons (Fsp3) is 0.722. The van der Waals surface area contributed by atoms with Crippen molar-refractivity contribution < 1.29 is 13.5 Å². The molecule has 156 valence electrons. The summed E-state index contributed by atoms with van der Waals surface area (Å²) in [5, 5.41) is 2.98. The molecule has 0 saturated carbocycles. The predicted molar refractivity (Wildman–Crippen MR) is 111 cm³/mol. The van der Waals surface area contributed by atoms with Crippen molar-refractivity contribution in [3.8, 4) is 0 Å². The number of thioether (sulfide) groups is 1. The monoisotopic (exact) mass is 415 g/mol. The van der Waals surface area contributed by atoms with Gasteiger partial charge in [-0.3, -0.25) is 9.89 Å².